The normalized spacial score (nSPS) is 35.9. The Labute approximate surface area is 361 Å². The van der Waals surface area contributed by atoms with Crippen LogP contribution in [0.25, 0.3) is 0 Å². The summed E-state index contributed by atoms with van der Waals surface area (Å²) in [6.07, 6.45) is -10.2. The van der Waals surface area contributed by atoms with E-state index in [0.29, 0.717) is 0 Å². The molecule has 0 unspecified atom stereocenters. The summed E-state index contributed by atoms with van der Waals surface area (Å²) in [6, 6.07) is 5.07. The number of fused-ring (bicyclic) bond motifs is 5. The van der Waals surface area contributed by atoms with E-state index in [9.17, 15) is 48.6 Å². The van der Waals surface area contributed by atoms with Crippen molar-refractivity contribution in [3.63, 3.8) is 0 Å². The van der Waals surface area contributed by atoms with Gasteiger partial charge in [-0.15, -0.1) is 0 Å². The summed E-state index contributed by atoms with van der Waals surface area (Å²) in [7, 11) is 1.36. The molecule has 1 spiro atoms. The number of carbonyl (C=O) groups is 7. The van der Waals surface area contributed by atoms with E-state index >= 15 is 0 Å². The second-order valence-corrected chi connectivity index (χ2v) is 17.4. The number of cyclic esters (lactones) is 1. The van der Waals surface area contributed by atoms with E-state index in [2.05, 4.69) is 4.98 Å². The van der Waals surface area contributed by atoms with Gasteiger partial charge in [-0.3, -0.25) is 33.8 Å². The lowest BCUT2D eigenvalue weighted by molar-refractivity contribution is -0.386. The van der Waals surface area contributed by atoms with Gasteiger partial charge >= 0.3 is 41.8 Å². The Morgan fingerprint density at radius 3 is 2.17 bits per heavy atom. The molecule has 2 N–H and O–H groups in total. The van der Waals surface area contributed by atoms with Crippen molar-refractivity contribution in [2.24, 2.45) is 30.2 Å². The van der Waals surface area contributed by atoms with E-state index in [4.69, 9.17) is 37.9 Å². The van der Waals surface area contributed by atoms with Gasteiger partial charge < -0.3 is 52.7 Å². The smallest absolute Gasteiger partial charge is 0.340 e. The Hall–Kier alpha value is -5.73. The highest BCUT2D eigenvalue weighted by Gasteiger charge is 2.91. The topological polar surface area (TPSA) is 269 Å². The quantitative estimate of drug-likeness (QED) is 0.277. The van der Waals surface area contributed by atoms with Crippen LogP contribution in [0.2, 0.25) is 0 Å². The zero-order valence-corrected chi connectivity index (χ0v) is 36.5. The van der Waals surface area contributed by atoms with E-state index < -0.39 is 143 Å². The highest BCUT2D eigenvalue weighted by Crippen LogP contribution is 2.69. The molecule has 2 aliphatic heterocycles. The number of aliphatic hydroxyl groups excluding tert-OH is 1. The summed E-state index contributed by atoms with van der Waals surface area (Å²) in [5.41, 5.74) is -11.2. The monoisotopic (exact) mass is 884 g/mol. The molecule has 2 saturated carbocycles. The molecule has 2 aliphatic carbocycles. The van der Waals surface area contributed by atoms with Gasteiger partial charge in [0.05, 0.1) is 34.6 Å². The molecule has 6 rings (SSSR count). The minimum Gasteiger partial charge on any atom is -0.465 e. The first kappa shape index (κ1) is 46.8. The van der Waals surface area contributed by atoms with Gasteiger partial charge in [0, 0.05) is 52.2 Å². The van der Waals surface area contributed by atoms with Crippen LogP contribution in [0.5, 0.6) is 0 Å². The number of pyridine rings is 2. The fourth-order valence-corrected chi connectivity index (χ4v) is 9.72. The van der Waals surface area contributed by atoms with E-state index in [0.717, 1.165) is 50.6 Å². The molecule has 4 aliphatic rings. The van der Waals surface area contributed by atoms with Gasteiger partial charge in [0.15, 0.2) is 23.9 Å². The molecule has 20 nitrogen and oxygen atoms in total. The first-order valence-corrected chi connectivity index (χ1v) is 20.3. The summed E-state index contributed by atoms with van der Waals surface area (Å²) in [5, 5.41) is 26.9. The van der Waals surface area contributed by atoms with Crippen LogP contribution in [0.1, 0.15) is 94.6 Å². The molecular formula is C43H52N2O18. The largest absolute Gasteiger partial charge is 0.465 e. The molecule has 0 aromatic carbocycles. The molecule has 4 heterocycles. The molecule has 2 aromatic rings. The maximum absolute atomic E-state index is 14.5. The molecule has 0 radical (unpaired) electrons. The Morgan fingerprint density at radius 2 is 1.57 bits per heavy atom. The van der Waals surface area contributed by atoms with Crippen LogP contribution in [0.3, 0.4) is 0 Å². The van der Waals surface area contributed by atoms with Crippen molar-refractivity contribution in [3.05, 3.63) is 63.8 Å². The predicted molar refractivity (Wildman–Crippen MR) is 210 cm³/mol. The van der Waals surface area contributed by atoms with Gasteiger partial charge in [-0.25, -0.2) is 9.59 Å². The van der Waals surface area contributed by atoms with Crippen LogP contribution in [0.4, 0.5) is 0 Å². The molecule has 3 fully saturated rings. The highest BCUT2D eigenvalue weighted by atomic mass is 16.7. The molecule has 63 heavy (non-hydrogen) atoms. The van der Waals surface area contributed by atoms with Crippen molar-refractivity contribution in [1.82, 2.24) is 9.55 Å². The third-order valence-electron chi connectivity index (χ3n) is 12.9. The van der Waals surface area contributed by atoms with Gasteiger partial charge in [-0.2, -0.15) is 0 Å². The minimum absolute atomic E-state index is 0.0582. The average molecular weight is 885 g/mol. The Balaban J connectivity index is 1.75. The van der Waals surface area contributed by atoms with Crippen LogP contribution < -0.4 is 5.56 Å². The summed E-state index contributed by atoms with van der Waals surface area (Å²) >= 11 is 0. The van der Waals surface area contributed by atoms with Crippen molar-refractivity contribution in [3.8, 4) is 0 Å². The van der Waals surface area contributed by atoms with Crippen molar-refractivity contribution >= 4 is 41.8 Å². The van der Waals surface area contributed by atoms with E-state index in [1.807, 2.05) is 0 Å². The van der Waals surface area contributed by atoms with Crippen LogP contribution in [0, 0.1) is 23.2 Å². The Kier molecular flexibility index (Phi) is 12.4. The standard InChI is InChI=1S/C43H52N2O18/c1-19(2)36(51)62-35-30(58-23(6)47)28-33(59-24(7)48)43-41(9,55)34(31(32(50)42(35,43)18-56-22(5)46)60-38(53)25-13-14-27(49)45(10)16-25)61-37(52)21(4)20(3)29-26(12-11-15-44-29)39(54)57-17-40(28,8)63-43/h11-16,19-21,28,30-35,50,55H,17-18H2,1-10H3/t20-,21+,28-,30-,31-,32+,33-,34+,35-,40+,41+,42+,43+/m1/s1. The Bertz CT molecular complexity index is 2270. The predicted octanol–water partition coefficient (Wildman–Crippen LogP) is 1.09. The molecular weight excluding hydrogens is 832 g/mol. The van der Waals surface area contributed by atoms with Gasteiger partial charge in [0.25, 0.3) is 0 Å². The minimum atomic E-state index is -2.90. The van der Waals surface area contributed by atoms with Crippen LogP contribution >= 0.6 is 0 Å². The molecule has 0 amide bonds. The number of rotatable bonds is 8. The second-order valence-electron chi connectivity index (χ2n) is 17.4. The molecule has 20 heteroatoms. The third kappa shape index (κ3) is 7.54. The maximum Gasteiger partial charge on any atom is 0.340 e. The van der Waals surface area contributed by atoms with E-state index in [1.54, 1.807) is 6.92 Å². The lowest BCUT2D eigenvalue weighted by Gasteiger charge is -2.67. The van der Waals surface area contributed by atoms with Crippen molar-refractivity contribution in [1.29, 1.82) is 0 Å². The number of aryl methyl sites for hydroxylation is 1. The van der Waals surface area contributed by atoms with Gasteiger partial charge in [0.2, 0.25) is 5.56 Å². The average Bonchev–Trinajstić information content (AvgIpc) is 3.43. The Morgan fingerprint density at radius 1 is 0.905 bits per heavy atom. The number of aromatic nitrogens is 2. The second kappa shape index (κ2) is 16.8. The van der Waals surface area contributed by atoms with Gasteiger partial charge in [-0.05, 0) is 32.0 Å². The number of ether oxygens (including phenoxy) is 8. The van der Waals surface area contributed by atoms with E-state index in [-0.39, 0.29) is 16.8 Å². The maximum atomic E-state index is 14.5. The van der Waals surface area contributed by atoms with Crippen molar-refractivity contribution < 1.29 is 81.7 Å². The lowest BCUT2D eigenvalue weighted by atomic mass is 9.45. The first-order chi connectivity index (χ1) is 29.4. The molecule has 13 atom stereocenters. The first-order valence-electron chi connectivity index (χ1n) is 20.3. The molecule has 1 saturated heterocycles. The zero-order valence-electron chi connectivity index (χ0n) is 36.5. The number of aliphatic hydroxyl groups is 2. The zero-order chi connectivity index (χ0) is 46.7. The molecule has 4 bridgehead atoms. The highest BCUT2D eigenvalue weighted by molar-refractivity contribution is 5.91. The lowest BCUT2D eigenvalue weighted by Crippen LogP contribution is -2.89. The summed E-state index contributed by atoms with van der Waals surface area (Å²) in [5.74, 6) is -11.8. The van der Waals surface area contributed by atoms with E-state index in [1.165, 1.54) is 53.1 Å². The fraction of sp³-hybridized carbons (Fsp3) is 0.605. The summed E-state index contributed by atoms with van der Waals surface area (Å²) in [6.45, 7) is 9.55. The SMILES string of the molecule is CC(=O)OC[C@]12[C@H](OC(=O)C(C)C)[C@H](OC(C)=O)[C@@H]3[C@@H](OC(C)=O)[C@@]14O[C@@]3(C)COC(=O)c1cccnc1[C@H](C)[C@H](C)C(=O)O[C@@H]([C@H](OC(=O)c1ccc(=O)n(C)c1)[C@@H]2O)[C@]4(C)O. The third-order valence-corrected chi connectivity index (χ3v) is 12.9. The number of carbonyl (C=O) groups excluding carboxylic acids is 7. The van der Waals surface area contributed by atoms with Crippen LogP contribution in [-0.4, -0.2) is 128 Å². The van der Waals surface area contributed by atoms with Gasteiger partial charge in [0.1, 0.15) is 48.1 Å². The molecule has 342 valence electrons. The van der Waals surface area contributed by atoms with Gasteiger partial charge in [-0.1, -0.05) is 27.7 Å². The number of nitrogens with zero attached hydrogens (tertiary/aromatic N) is 2. The summed E-state index contributed by atoms with van der Waals surface area (Å²) < 4.78 is 50.1. The van der Waals surface area contributed by atoms with Crippen molar-refractivity contribution in [2.45, 2.75) is 122 Å². The number of hydrogen-bond donors (Lipinski definition) is 2. The van der Waals surface area contributed by atoms with Crippen molar-refractivity contribution in [2.75, 3.05) is 13.2 Å². The van der Waals surface area contributed by atoms with Crippen LogP contribution in [-0.2, 0) is 68.9 Å². The summed E-state index contributed by atoms with van der Waals surface area (Å²) in [4.78, 5) is 113. The molecule has 2 aromatic heterocycles. The fourth-order valence-electron chi connectivity index (χ4n) is 9.72. The number of esters is 7. The number of hydrogen-bond acceptors (Lipinski definition) is 19. The van der Waals surface area contributed by atoms with Crippen LogP contribution in [0.15, 0.2) is 41.5 Å².